The Morgan fingerprint density at radius 3 is 2.03 bits per heavy atom. The molecule has 0 unspecified atom stereocenters. The van der Waals surface area contributed by atoms with Gasteiger partial charge in [-0.05, 0) is 53.5 Å². The maximum Gasteiger partial charge on any atom is 0.317 e. The average Bonchev–Trinajstić information content (AvgIpc) is 3.48. The second kappa shape index (κ2) is 8.58. The molecule has 29 heavy (non-hydrogen) atoms. The molecule has 1 aliphatic rings. The molecule has 0 atom stereocenters. The molecule has 2 aromatic rings. The van der Waals surface area contributed by atoms with Crippen LogP contribution < -0.4 is 5.32 Å². The summed E-state index contributed by atoms with van der Waals surface area (Å²) in [5.74, 6) is -0.131. The average molecular weight is 414 g/mol. The van der Waals surface area contributed by atoms with E-state index in [1.807, 2.05) is 30.3 Å². The van der Waals surface area contributed by atoms with Crippen molar-refractivity contribution < 1.29 is 14.3 Å². The van der Waals surface area contributed by atoms with Crippen molar-refractivity contribution in [1.82, 2.24) is 0 Å². The molecule has 0 saturated heterocycles. The van der Waals surface area contributed by atoms with Crippen LogP contribution in [0.25, 0.3) is 0 Å². The van der Waals surface area contributed by atoms with Gasteiger partial charge < -0.3 is 10.1 Å². The molecule has 5 heteroatoms. The van der Waals surface area contributed by atoms with Gasteiger partial charge in [-0.2, -0.15) is 0 Å². The number of anilines is 1. The molecule has 1 N–H and O–H groups in total. The van der Waals surface area contributed by atoms with Crippen molar-refractivity contribution in [3.05, 3.63) is 64.2 Å². The highest BCUT2D eigenvalue weighted by atomic mass is 35.5. The van der Waals surface area contributed by atoms with Crippen molar-refractivity contribution in [2.75, 3.05) is 11.9 Å². The molecule has 154 valence electrons. The maximum absolute atomic E-state index is 12.7. The Kier molecular flexibility index (Phi) is 6.33. The summed E-state index contributed by atoms with van der Waals surface area (Å²) in [6, 6.07) is 13.3. The first kappa shape index (κ1) is 21.4. The van der Waals surface area contributed by atoms with Gasteiger partial charge in [0.2, 0.25) is 0 Å². The summed E-state index contributed by atoms with van der Waals surface area (Å²) in [5.41, 5.74) is 3.24. The van der Waals surface area contributed by atoms with Gasteiger partial charge in [0.1, 0.15) is 0 Å². The van der Waals surface area contributed by atoms with E-state index in [0.29, 0.717) is 5.02 Å². The van der Waals surface area contributed by atoms with Crippen molar-refractivity contribution in [3.8, 4) is 0 Å². The van der Waals surface area contributed by atoms with Crippen LogP contribution in [0.5, 0.6) is 0 Å². The van der Waals surface area contributed by atoms with E-state index < -0.39 is 5.41 Å². The number of rotatable bonds is 7. The molecule has 2 aromatic carbocycles. The third kappa shape index (κ3) is 4.64. The highest BCUT2D eigenvalue weighted by Gasteiger charge is 2.52. The Morgan fingerprint density at radius 1 is 1.00 bits per heavy atom. The molecule has 1 fully saturated rings. The van der Waals surface area contributed by atoms with Gasteiger partial charge in [-0.1, -0.05) is 69.6 Å². The minimum atomic E-state index is -0.635. The minimum absolute atomic E-state index is 0.270. The topological polar surface area (TPSA) is 55.4 Å². The summed E-state index contributed by atoms with van der Waals surface area (Å²) in [6.07, 6.45) is 1.45. The van der Waals surface area contributed by atoms with Crippen molar-refractivity contribution in [2.45, 2.75) is 57.8 Å². The van der Waals surface area contributed by atoms with Gasteiger partial charge in [0, 0.05) is 10.7 Å². The lowest BCUT2D eigenvalue weighted by Crippen LogP contribution is -2.28. The lowest BCUT2D eigenvalue weighted by molar-refractivity contribution is -0.150. The van der Waals surface area contributed by atoms with Crippen molar-refractivity contribution in [1.29, 1.82) is 0 Å². The summed E-state index contributed by atoms with van der Waals surface area (Å²) in [6.45, 7) is 8.09. The Bertz CT molecular complexity index is 873. The van der Waals surface area contributed by atoms with Gasteiger partial charge >= 0.3 is 5.97 Å². The molecule has 0 aromatic heterocycles. The number of hydrogen-bond donors (Lipinski definition) is 1. The monoisotopic (exact) mass is 413 g/mol. The molecule has 1 amide bonds. The quantitative estimate of drug-likeness (QED) is 0.583. The zero-order valence-electron chi connectivity index (χ0n) is 17.4. The van der Waals surface area contributed by atoms with Crippen LogP contribution in [0.1, 0.15) is 69.1 Å². The Labute approximate surface area is 177 Å². The van der Waals surface area contributed by atoms with E-state index in [2.05, 4.69) is 33.0 Å². The minimum Gasteiger partial charge on any atom is -0.455 e. The fourth-order valence-electron chi connectivity index (χ4n) is 3.64. The molecule has 0 spiro atoms. The number of hydrogen-bond acceptors (Lipinski definition) is 3. The van der Waals surface area contributed by atoms with Crippen LogP contribution in [0.15, 0.2) is 42.5 Å². The van der Waals surface area contributed by atoms with Gasteiger partial charge in [-0.15, -0.1) is 0 Å². The number of esters is 1. The Balaban J connectivity index is 1.68. The SMILES string of the molecule is CC(C)c1cccc(C(C)C)c1NC(=O)COC(=O)C1(c2ccc(Cl)cc2)CC1. The standard InChI is InChI=1S/C24H28ClNO3/c1-15(2)19-6-5-7-20(16(3)4)22(19)26-21(27)14-29-23(28)24(12-13-24)17-8-10-18(25)11-9-17/h5-11,15-16H,12-14H2,1-4H3,(H,26,27). The fourth-order valence-corrected chi connectivity index (χ4v) is 3.77. The number of carbonyl (C=O) groups is 2. The van der Waals surface area contributed by atoms with E-state index in [1.54, 1.807) is 12.1 Å². The molecular formula is C24H28ClNO3. The fraction of sp³-hybridized carbons (Fsp3) is 0.417. The molecule has 0 aliphatic heterocycles. The first-order chi connectivity index (χ1) is 13.7. The molecule has 0 radical (unpaired) electrons. The molecular weight excluding hydrogens is 386 g/mol. The van der Waals surface area contributed by atoms with Crippen LogP contribution in [0.4, 0.5) is 5.69 Å². The lowest BCUT2D eigenvalue weighted by atomic mass is 9.92. The normalized spacial score (nSPS) is 14.7. The lowest BCUT2D eigenvalue weighted by Gasteiger charge is -2.20. The van der Waals surface area contributed by atoms with Crippen LogP contribution in [-0.2, 0) is 19.7 Å². The number of para-hydroxylation sites is 1. The van der Waals surface area contributed by atoms with E-state index in [9.17, 15) is 9.59 Å². The van der Waals surface area contributed by atoms with E-state index >= 15 is 0 Å². The van der Waals surface area contributed by atoms with E-state index in [0.717, 1.165) is 35.2 Å². The summed E-state index contributed by atoms with van der Waals surface area (Å²) in [4.78, 5) is 25.3. The first-order valence-corrected chi connectivity index (χ1v) is 10.5. The van der Waals surface area contributed by atoms with Crippen LogP contribution in [0.3, 0.4) is 0 Å². The largest absolute Gasteiger partial charge is 0.455 e. The molecule has 1 saturated carbocycles. The Morgan fingerprint density at radius 2 is 1.55 bits per heavy atom. The molecule has 0 bridgehead atoms. The van der Waals surface area contributed by atoms with E-state index in [1.165, 1.54) is 0 Å². The molecule has 3 rings (SSSR count). The summed E-state index contributed by atoms with van der Waals surface area (Å²) < 4.78 is 5.40. The van der Waals surface area contributed by atoms with Crippen LogP contribution in [0.2, 0.25) is 5.02 Å². The highest BCUT2D eigenvalue weighted by molar-refractivity contribution is 6.30. The summed E-state index contributed by atoms with van der Waals surface area (Å²) in [7, 11) is 0. The van der Waals surface area contributed by atoms with Gasteiger partial charge in [0.05, 0.1) is 5.41 Å². The number of ether oxygens (including phenoxy) is 1. The van der Waals surface area contributed by atoms with Gasteiger partial charge in [-0.25, -0.2) is 0 Å². The van der Waals surface area contributed by atoms with Gasteiger partial charge in [0.25, 0.3) is 5.91 Å². The second-order valence-electron chi connectivity index (χ2n) is 8.33. The molecule has 1 aliphatic carbocycles. The van der Waals surface area contributed by atoms with E-state index in [-0.39, 0.29) is 30.3 Å². The predicted octanol–water partition coefficient (Wildman–Crippen LogP) is 5.80. The van der Waals surface area contributed by atoms with Gasteiger partial charge in [-0.3, -0.25) is 9.59 Å². The smallest absolute Gasteiger partial charge is 0.317 e. The van der Waals surface area contributed by atoms with Crippen molar-refractivity contribution in [3.63, 3.8) is 0 Å². The second-order valence-corrected chi connectivity index (χ2v) is 8.77. The maximum atomic E-state index is 12.7. The Hall–Kier alpha value is -2.33. The van der Waals surface area contributed by atoms with Gasteiger partial charge in [0.15, 0.2) is 6.61 Å². The predicted molar refractivity (Wildman–Crippen MR) is 117 cm³/mol. The highest BCUT2D eigenvalue weighted by Crippen LogP contribution is 2.49. The molecule has 4 nitrogen and oxygen atoms in total. The zero-order chi connectivity index (χ0) is 21.2. The third-order valence-electron chi connectivity index (χ3n) is 5.51. The van der Waals surface area contributed by atoms with Crippen LogP contribution in [-0.4, -0.2) is 18.5 Å². The number of benzene rings is 2. The number of halogens is 1. The number of amides is 1. The number of nitrogens with one attached hydrogen (secondary N) is 1. The third-order valence-corrected chi connectivity index (χ3v) is 5.76. The van der Waals surface area contributed by atoms with Crippen LogP contribution in [0, 0.1) is 0 Å². The van der Waals surface area contributed by atoms with Crippen molar-refractivity contribution >= 4 is 29.2 Å². The number of carbonyl (C=O) groups excluding carboxylic acids is 2. The van der Waals surface area contributed by atoms with Crippen molar-refractivity contribution in [2.24, 2.45) is 0 Å². The molecule has 0 heterocycles. The summed E-state index contributed by atoms with van der Waals surface area (Å²) in [5, 5.41) is 3.61. The van der Waals surface area contributed by atoms with Crippen LogP contribution >= 0.6 is 11.6 Å². The summed E-state index contributed by atoms with van der Waals surface area (Å²) >= 11 is 5.94. The first-order valence-electron chi connectivity index (χ1n) is 10.1. The van der Waals surface area contributed by atoms with E-state index in [4.69, 9.17) is 16.3 Å². The zero-order valence-corrected chi connectivity index (χ0v) is 18.2.